The van der Waals surface area contributed by atoms with E-state index in [1.54, 1.807) is 12.4 Å². The van der Waals surface area contributed by atoms with Crippen LogP contribution in [-0.2, 0) is 0 Å². The van der Waals surface area contributed by atoms with Gasteiger partial charge in [0.2, 0.25) is 0 Å². The predicted molar refractivity (Wildman–Crippen MR) is 69.9 cm³/mol. The Kier molecular flexibility index (Phi) is 4.21. The molecule has 1 fully saturated rings. The van der Waals surface area contributed by atoms with Gasteiger partial charge in [0.05, 0.1) is 0 Å². The number of aromatic nitrogens is 2. The molecular weight excluding hydrogens is 232 g/mol. The molecule has 1 aromatic heterocycles. The van der Waals surface area contributed by atoms with Gasteiger partial charge in [-0.1, -0.05) is 12.8 Å². The zero-order valence-corrected chi connectivity index (χ0v) is 10.7. The molecule has 0 bridgehead atoms. The molecule has 0 radical (unpaired) electrons. The van der Waals surface area contributed by atoms with Crippen molar-refractivity contribution < 1.29 is 0 Å². The molecule has 1 aliphatic rings. The number of nitrogens with one attached hydrogen (secondary N) is 1. The first-order valence-corrected chi connectivity index (χ1v) is 7.14. The lowest BCUT2D eigenvalue weighted by atomic mass is 9.95. The molecule has 1 heterocycles. The molecule has 2 rings (SSSR count). The van der Waals surface area contributed by atoms with Crippen LogP contribution in [0.1, 0.15) is 31.4 Å². The van der Waals surface area contributed by atoms with Gasteiger partial charge in [-0.2, -0.15) is 17.0 Å². The third-order valence-corrected chi connectivity index (χ3v) is 4.30. The van der Waals surface area contributed by atoms with Gasteiger partial charge in [0.15, 0.2) is 11.5 Å². The van der Waals surface area contributed by atoms with Gasteiger partial charge in [0, 0.05) is 23.7 Å². The van der Waals surface area contributed by atoms with E-state index in [2.05, 4.69) is 27.6 Å². The standard InChI is InChI=1S/C12H16N4S/c1-17-11-5-3-2-4-9(11)16-12-10(8-13)14-6-7-15-12/h6-7,9,11H,2-5H2,1H3,(H,15,16). The van der Waals surface area contributed by atoms with Crippen molar-refractivity contribution in [2.75, 3.05) is 11.6 Å². The third kappa shape index (κ3) is 2.89. The van der Waals surface area contributed by atoms with Crippen molar-refractivity contribution in [2.24, 2.45) is 0 Å². The predicted octanol–water partition coefficient (Wildman–Crippen LogP) is 2.43. The Labute approximate surface area is 106 Å². The van der Waals surface area contributed by atoms with E-state index >= 15 is 0 Å². The molecule has 2 unspecified atom stereocenters. The summed E-state index contributed by atoms with van der Waals surface area (Å²) in [5.74, 6) is 0.626. The van der Waals surface area contributed by atoms with Crippen molar-refractivity contribution in [2.45, 2.75) is 37.0 Å². The Morgan fingerprint density at radius 2 is 2.12 bits per heavy atom. The maximum Gasteiger partial charge on any atom is 0.182 e. The molecule has 0 spiro atoms. The van der Waals surface area contributed by atoms with Crippen LogP contribution in [0.2, 0.25) is 0 Å². The number of nitrogens with zero attached hydrogens (tertiary/aromatic N) is 3. The number of hydrogen-bond donors (Lipinski definition) is 1. The van der Waals surface area contributed by atoms with E-state index in [0.29, 0.717) is 22.8 Å². The van der Waals surface area contributed by atoms with Crippen molar-refractivity contribution >= 4 is 17.6 Å². The molecule has 1 N–H and O–H groups in total. The summed E-state index contributed by atoms with van der Waals surface area (Å²) < 4.78 is 0. The highest BCUT2D eigenvalue weighted by molar-refractivity contribution is 7.99. The first-order chi connectivity index (χ1) is 8.35. The van der Waals surface area contributed by atoms with E-state index < -0.39 is 0 Å². The quantitative estimate of drug-likeness (QED) is 0.890. The average Bonchev–Trinajstić information content (AvgIpc) is 2.40. The van der Waals surface area contributed by atoms with Crippen LogP contribution < -0.4 is 5.32 Å². The van der Waals surface area contributed by atoms with Gasteiger partial charge in [-0.25, -0.2) is 9.97 Å². The minimum Gasteiger partial charge on any atom is -0.364 e. The fourth-order valence-corrected chi connectivity index (χ4v) is 3.18. The van der Waals surface area contributed by atoms with Crippen LogP contribution >= 0.6 is 11.8 Å². The summed E-state index contributed by atoms with van der Waals surface area (Å²) >= 11 is 1.89. The second kappa shape index (κ2) is 5.87. The first kappa shape index (κ1) is 12.2. The smallest absolute Gasteiger partial charge is 0.182 e. The molecule has 5 heteroatoms. The Hall–Kier alpha value is -1.28. The van der Waals surface area contributed by atoms with Gasteiger partial charge >= 0.3 is 0 Å². The molecule has 17 heavy (non-hydrogen) atoms. The van der Waals surface area contributed by atoms with E-state index in [0.717, 1.165) is 6.42 Å². The lowest BCUT2D eigenvalue weighted by molar-refractivity contribution is 0.474. The summed E-state index contributed by atoms with van der Waals surface area (Å²) in [6.07, 6.45) is 10.3. The molecular formula is C12H16N4S. The van der Waals surface area contributed by atoms with Gasteiger partial charge in [0.1, 0.15) is 6.07 Å². The first-order valence-electron chi connectivity index (χ1n) is 5.85. The summed E-state index contributed by atoms with van der Waals surface area (Å²) in [5.41, 5.74) is 0.387. The maximum absolute atomic E-state index is 8.97. The fraction of sp³-hybridized carbons (Fsp3) is 0.583. The lowest BCUT2D eigenvalue weighted by Crippen LogP contribution is -2.34. The number of hydrogen-bond acceptors (Lipinski definition) is 5. The van der Waals surface area contributed by atoms with Gasteiger partial charge < -0.3 is 5.32 Å². The zero-order chi connectivity index (χ0) is 12.1. The van der Waals surface area contributed by atoms with Crippen LogP contribution in [0.5, 0.6) is 0 Å². The summed E-state index contributed by atoms with van der Waals surface area (Å²) in [4.78, 5) is 8.23. The SMILES string of the molecule is CSC1CCCCC1Nc1nccnc1C#N. The summed E-state index contributed by atoms with van der Waals surface area (Å²) in [6, 6.07) is 2.48. The second-order valence-corrected chi connectivity index (χ2v) is 5.25. The second-order valence-electron chi connectivity index (χ2n) is 4.17. The lowest BCUT2D eigenvalue weighted by Gasteiger charge is -2.31. The van der Waals surface area contributed by atoms with E-state index in [4.69, 9.17) is 5.26 Å². The Balaban J connectivity index is 2.11. The van der Waals surface area contributed by atoms with E-state index in [9.17, 15) is 0 Å². The highest BCUT2D eigenvalue weighted by atomic mass is 32.2. The van der Waals surface area contributed by atoms with Crippen LogP contribution in [-0.4, -0.2) is 27.5 Å². The van der Waals surface area contributed by atoms with E-state index in [1.165, 1.54) is 19.3 Å². The van der Waals surface area contributed by atoms with Crippen molar-refractivity contribution in [1.29, 1.82) is 5.26 Å². The molecule has 4 nitrogen and oxygen atoms in total. The topological polar surface area (TPSA) is 61.6 Å². The van der Waals surface area contributed by atoms with Gasteiger partial charge in [0.25, 0.3) is 0 Å². The number of thioether (sulfide) groups is 1. The number of nitriles is 1. The Morgan fingerprint density at radius 1 is 1.35 bits per heavy atom. The normalized spacial score (nSPS) is 24.0. The van der Waals surface area contributed by atoms with Crippen LogP contribution in [0, 0.1) is 11.3 Å². The highest BCUT2D eigenvalue weighted by Crippen LogP contribution is 2.29. The molecule has 1 saturated carbocycles. The molecule has 1 aliphatic carbocycles. The number of rotatable bonds is 3. The summed E-state index contributed by atoms with van der Waals surface area (Å²) in [6.45, 7) is 0. The third-order valence-electron chi connectivity index (χ3n) is 3.13. The summed E-state index contributed by atoms with van der Waals surface area (Å²) in [5, 5.41) is 13.0. The van der Waals surface area contributed by atoms with E-state index in [1.807, 2.05) is 11.8 Å². The summed E-state index contributed by atoms with van der Waals surface area (Å²) in [7, 11) is 0. The molecule has 1 aromatic rings. The van der Waals surface area contributed by atoms with E-state index in [-0.39, 0.29) is 0 Å². The molecule has 2 atom stereocenters. The molecule has 90 valence electrons. The van der Waals surface area contributed by atoms with Crippen LogP contribution in [0.4, 0.5) is 5.82 Å². The molecule has 0 aliphatic heterocycles. The highest BCUT2D eigenvalue weighted by Gasteiger charge is 2.25. The van der Waals surface area contributed by atoms with Crippen molar-refractivity contribution in [3.8, 4) is 6.07 Å². The van der Waals surface area contributed by atoms with Gasteiger partial charge in [-0.15, -0.1) is 0 Å². The van der Waals surface area contributed by atoms with Crippen LogP contribution in [0.3, 0.4) is 0 Å². The Bertz CT molecular complexity index is 415. The van der Waals surface area contributed by atoms with Crippen LogP contribution in [0.25, 0.3) is 0 Å². The van der Waals surface area contributed by atoms with Crippen molar-refractivity contribution in [3.63, 3.8) is 0 Å². The minimum atomic E-state index is 0.387. The average molecular weight is 248 g/mol. The monoisotopic (exact) mass is 248 g/mol. The molecule has 0 aromatic carbocycles. The molecule has 0 saturated heterocycles. The van der Waals surface area contributed by atoms with Crippen molar-refractivity contribution in [1.82, 2.24) is 9.97 Å². The molecule has 0 amide bonds. The van der Waals surface area contributed by atoms with Crippen LogP contribution in [0.15, 0.2) is 12.4 Å². The fourth-order valence-electron chi connectivity index (χ4n) is 2.25. The van der Waals surface area contributed by atoms with Crippen molar-refractivity contribution in [3.05, 3.63) is 18.1 Å². The maximum atomic E-state index is 8.97. The van der Waals surface area contributed by atoms with Gasteiger partial charge in [-0.05, 0) is 19.1 Å². The van der Waals surface area contributed by atoms with Gasteiger partial charge in [-0.3, -0.25) is 0 Å². The zero-order valence-electron chi connectivity index (χ0n) is 9.89. The number of anilines is 1. The largest absolute Gasteiger partial charge is 0.364 e. The Morgan fingerprint density at radius 3 is 2.88 bits per heavy atom. The minimum absolute atomic E-state index is 0.387.